The third kappa shape index (κ3) is 7.25. The monoisotopic (exact) mass is 417 g/mol. The first kappa shape index (κ1) is 23.0. The van der Waals surface area contributed by atoms with Gasteiger partial charge in [-0.3, -0.25) is 0 Å². The lowest BCUT2D eigenvalue weighted by atomic mass is 10.1. The summed E-state index contributed by atoms with van der Waals surface area (Å²) in [5.41, 5.74) is 2.45. The van der Waals surface area contributed by atoms with E-state index in [-0.39, 0.29) is 0 Å². The molecule has 0 spiro atoms. The largest absolute Gasteiger partial charge is 0.377 e. The van der Waals surface area contributed by atoms with Crippen LogP contribution in [0, 0.1) is 0 Å². The Bertz CT molecular complexity index is 638. The van der Waals surface area contributed by atoms with E-state index in [0.29, 0.717) is 25.4 Å². The molecule has 1 aromatic carbocycles. The van der Waals surface area contributed by atoms with Crippen molar-refractivity contribution in [2.75, 3.05) is 39.5 Å². The number of benzene rings is 1. The van der Waals surface area contributed by atoms with Crippen molar-refractivity contribution in [3.63, 3.8) is 0 Å². The van der Waals surface area contributed by atoms with Crippen LogP contribution >= 0.6 is 0 Å². The number of hydrogen-bond acceptors (Lipinski definition) is 4. The number of ether oxygens (including phenoxy) is 3. The molecule has 1 unspecified atom stereocenters. The van der Waals surface area contributed by atoms with E-state index in [1.165, 1.54) is 24.0 Å². The van der Waals surface area contributed by atoms with E-state index in [1.807, 2.05) is 6.92 Å². The minimum atomic E-state index is 0.299. The summed E-state index contributed by atoms with van der Waals surface area (Å²) in [6, 6.07) is 8.42. The molecule has 0 amide bonds. The molecule has 6 heteroatoms. The summed E-state index contributed by atoms with van der Waals surface area (Å²) < 4.78 is 17.6. The number of rotatable bonds is 9. The minimum Gasteiger partial charge on any atom is -0.377 e. The molecule has 0 radical (unpaired) electrons. The molecule has 0 aliphatic carbocycles. The van der Waals surface area contributed by atoms with Crippen LogP contribution in [0.4, 0.5) is 0 Å². The smallest absolute Gasteiger partial charge is 0.194 e. The van der Waals surface area contributed by atoms with Gasteiger partial charge in [0, 0.05) is 32.8 Å². The highest BCUT2D eigenvalue weighted by Crippen LogP contribution is 2.18. The number of aliphatic imine (C=N–C) groups is 1. The Morgan fingerprint density at radius 2 is 1.93 bits per heavy atom. The van der Waals surface area contributed by atoms with Gasteiger partial charge in [-0.15, -0.1) is 0 Å². The van der Waals surface area contributed by atoms with Gasteiger partial charge in [0.25, 0.3) is 0 Å². The molecule has 0 aromatic heterocycles. The lowest BCUT2D eigenvalue weighted by Crippen LogP contribution is -2.47. The maximum absolute atomic E-state index is 6.17. The van der Waals surface area contributed by atoms with Crippen molar-refractivity contribution in [1.29, 1.82) is 0 Å². The molecule has 1 atom stereocenters. The third-order valence-electron chi connectivity index (χ3n) is 5.85. The third-order valence-corrected chi connectivity index (χ3v) is 5.85. The van der Waals surface area contributed by atoms with Crippen molar-refractivity contribution in [3.8, 4) is 0 Å². The zero-order chi connectivity index (χ0) is 21.0. The van der Waals surface area contributed by atoms with E-state index in [4.69, 9.17) is 19.2 Å². The van der Waals surface area contributed by atoms with Gasteiger partial charge in [0.05, 0.1) is 32.0 Å². The predicted molar refractivity (Wildman–Crippen MR) is 121 cm³/mol. The summed E-state index contributed by atoms with van der Waals surface area (Å²) in [7, 11) is 0. The maximum Gasteiger partial charge on any atom is 0.194 e. The van der Waals surface area contributed by atoms with Crippen LogP contribution < -0.4 is 5.32 Å². The fourth-order valence-corrected chi connectivity index (χ4v) is 4.07. The molecule has 30 heavy (non-hydrogen) atoms. The normalized spacial score (nSPS) is 21.1. The first-order chi connectivity index (χ1) is 14.8. The van der Waals surface area contributed by atoms with E-state index in [1.54, 1.807) is 0 Å². The Kier molecular flexibility index (Phi) is 9.93. The zero-order valence-corrected chi connectivity index (χ0v) is 18.8. The molecule has 3 rings (SSSR count). The highest BCUT2D eigenvalue weighted by molar-refractivity contribution is 5.80. The number of piperidine rings is 1. The van der Waals surface area contributed by atoms with Crippen molar-refractivity contribution < 1.29 is 14.2 Å². The summed E-state index contributed by atoms with van der Waals surface area (Å²) in [5.74, 6) is 0.998. The summed E-state index contributed by atoms with van der Waals surface area (Å²) in [4.78, 5) is 7.30. The molecule has 0 bridgehead atoms. The topological polar surface area (TPSA) is 55.3 Å². The van der Waals surface area contributed by atoms with E-state index in [0.717, 1.165) is 64.7 Å². The maximum atomic E-state index is 6.17. The number of nitrogens with zero attached hydrogens (tertiary/aromatic N) is 2. The molecule has 0 saturated carbocycles. The second kappa shape index (κ2) is 12.9. The predicted octanol–water partition coefficient (Wildman–Crippen LogP) is 3.74. The second-order valence-electron chi connectivity index (χ2n) is 8.08. The van der Waals surface area contributed by atoms with Crippen LogP contribution in [0.15, 0.2) is 29.3 Å². The highest BCUT2D eigenvalue weighted by Gasteiger charge is 2.23. The van der Waals surface area contributed by atoms with Gasteiger partial charge in [0.15, 0.2) is 5.96 Å². The van der Waals surface area contributed by atoms with E-state index in [2.05, 4.69) is 41.4 Å². The molecule has 2 aliphatic rings. The molecule has 168 valence electrons. The fourth-order valence-electron chi connectivity index (χ4n) is 4.07. The molecular formula is C24H39N3O3. The fraction of sp³-hybridized carbons (Fsp3) is 0.708. The van der Waals surface area contributed by atoms with Gasteiger partial charge in [0.1, 0.15) is 0 Å². The van der Waals surface area contributed by atoms with Crippen molar-refractivity contribution in [1.82, 2.24) is 10.2 Å². The summed E-state index contributed by atoms with van der Waals surface area (Å²) in [6.45, 7) is 10.6. The first-order valence-electron chi connectivity index (χ1n) is 11.7. The van der Waals surface area contributed by atoms with E-state index < -0.39 is 0 Å². The minimum absolute atomic E-state index is 0.299. The average molecular weight is 418 g/mol. The zero-order valence-electron chi connectivity index (χ0n) is 18.8. The molecule has 1 N–H and O–H groups in total. The van der Waals surface area contributed by atoms with Crippen LogP contribution in [0.25, 0.3) is 0 Å². The standard InChI is InChI=1S/C24H39N3O3/c1-3-25-24(26-17-20-9-5-6-10-21(20)18-28-4-2)27-14-12-22(13-15-27)30-19-23-11-7-8-16-29-23/h5-6,9-10,22-23H,3-4,7-8,11-19H2,1-2H3,(H,25,26). The van der Waals surface area contributed by atoms with Crippen LogP contribution in [-0.4, -0.2) is 62.5 Å². The summed E-state index contributed by atoms with van der Waals surface area (Å²) in [6.07, 6.45) is 6.31. The van der Waals surface area contributed by atoms with Crippen LogP contribution in [0.5, 0.6) is 0 Å². The molecule has 2 saturated heterocycles. The Morgan fingerprint density at radius 1 is 1.13 bits per heavy atom. The van der Waals surface area contributed by atoms with Crippen LogP contribution in [0.1, 0.15) is 57.1 Å². The van der Waals surface area contributed by atoms with Gasteiger partial charge in [-0.25, -0.2) is 4.99 Å². The molecule has 2 heterocycles. The Labute approximate surface area is 182 Å². The highest BCUT2D eigenvalue weighted by atomic mass is 16.5. The van der Waals surface area contributed by atoms with Crippen LogP contribution in [-0.2, 0) is 27.4 Å². The molecule has 6 nitrogen and oxygen atoms in total. The first-order valence-corrected chi connectivity index (χ1v) is 11.7. The van der Waals surface area contributed by atoms with Gasteiger partial charge in [-0.1, -0.05) is 24.3 Å². The van der Waals surface area contributed by atoms with Crippen LogP contribution in [0.3, 0.4) is 0 Å². The van der Waals surface area contributed by atoms with E-state index >= 15 is 0 Å². The average Bonchev–Trinajstić information content (AvgIpc) is 2.80. The Hall–Kier alpha value is -1.63. The van der Waals surface area contributed by atoms with Crippen molar-refractivity contribution in [3.05, 3.63) is 35.4 Å². The van der Waals surface area contributed by atoms with Crippen LogP contribution in [0.2, 0.25) is 0 Å². The van der Waals surface area contributed by atoms with Gasteiger partial charge >= 0.3 is 0 Å². The Balaban J connectivity index is 1.50. The summed E-state index contributed by atoms with van der Waals surface area (Å²) in [5, 5.41) is 3.47. The van der Waals surface area contributed by atoms with Crippen molar-refractivity contribution >= 4 is 5.96 Å². The quantitative estimate of drug-likeness (QED) is 0.490. The SMILES string of the molecule is CCNC(=NCc1ccccc1COCC)N1CCC(OCC2CCCCO2)CC1. The van der Waals surface area contributed by atoms with Gasteiger partial charge < -0.3 is 24.4 Å². The summed E-state index contributed by atoms with van der Waals surface area (Å²) >= 11 is 0. The molecule has 1 aromatic rings. The van der Waals surface area contributed by atoms with Crippen molar-refractivity contribution in [2.24, 2.45) is 4.99 Å². The van der Waals surface area contributed by atoms with Crippen molar-refractivity contribution in [2.45, 2.75) is 71.3 Å². The molecular weight excluding hydrogens is 378 g/mol. The van der Waals surface area contributed by atoms with Gasteiger partial charge in [0.2, 0.25) is 0 Å². The van der Waals surface area contributed by atoms with Gasteiger partial charge in [-0.05, 0) is 57.1 Å². The lowest BCUT2D eigenvalue weighted by molar-refractivity contribution is -0.0721. The van der Waals surface area contributed by atoms with Gasteiger partial charge in [-0.2, -0.15) is 0 Å². The second-order valence-corrected chi connectivity index (χ2v) is 8.08. The lowest BCUT2D eigenvalue weighted by Gasteiger charge is -2.35. The van der Waals surface area contributed by atoms with E-state index in [9.17, 15) is 0 Å². The molecule has 2 aliphatic heterocycles. The number of nitrogens with one attached hydrogen (secondary N) is 1. The Morgan fingerprint density at radius 3 is 2.63 bits per heavy atom. The number of hydrogen-bond donors (Lipinski definition) is 1. The number of likely N-dealkylation sites (tertiary alicyclic amines) is 1. The molecule has 2 fully saturated rings. The number of guanidine groups is 1.